The highest BCUT2D eigenvalue weighted by Crippen LogP contribution is 2.29. The van der Waals surface area contributed by atoms with E-state index >= 15 is 0 Å². The van der Waals surface area contributed by atoms with Gasteiger partial charge in [-0.2, -0.15) is 0 Å². The molecule has 5 heteroatoms. The SMILES string of the molecule is COc1ccc(OC)c(C(O)CON)c1. The minimum atomic E-state index is -0.833. The number of benzene rings is 1. The van der Waals surface area contributed by atoms with Gasteiger partial charge in [-0.15, -0.1) is 0 Å². The van der Waals surface area contributed by atoms with Crippen molar-refractivity contribution in [2.75, 3.05) is 20.8 Å². The fourth-order valence-electron chi connectivity index (χ4n) is 1.28. The van der Waals surface area contributed by atoms with E-state index in [4.69, 9.17) is 15.4 Å². The molecule has 0 spiro atoms. The van der Waals surface area contributed by atoms with Gasteiger partial charge in [0.05, 0.1) is 20.8 Å². The van der Waals surface area contributed by atoms with Crippen molar-refractivity contribution in [1.82, 2.24) is 0 Å². The van der Waals surface area contributed by atoms with E-state index in [2.05, 4.69) is 4.84 Å². The van der Waals surface area contributed by atoms with E-state index in [1.807, 2.05) is 0 Å². The lowest BCUT2D eigenvalue weighted by atomic mass is 10.1. The lowest BCUT2D eigenvalue weighted by Crippen LogP contribution is -2.11. The van der Waals surface area contributed by atoms with E-state index in [9.17, 15) is 5.11 Å². The largest absolute Gasteiger partial charge is 0.497 e. The van der Waals surface area contributed by atoms with E-state index < -0.39 is 6.10 Å². The minimum absolute atomic E-state index is 0.00350. The van der Waals surface area contributed by atoms with Crippen LogP contribution in [0.3, 0.4) is 0 Å². The fourth-order valence-corrected chi connectivity index (χ4v) is 1.28. The van der Waals surface area contributed by atoms with E-state index in [0.717, 1.165) is 0 Å². The zero-order valence-electron chi connectivity index (χ0n) is 8.77. The summed E-state index contributed by atoms with van der Waals surface area (Å²) in [4.78, 5) is 4.38. The Kier molecular flexibility index (Phi) is 4.36. The lowest BCUT2D eigenvalue weighted by molar-refractivity contribution is 0.0346. The van der Waals surface area contributed by atoms with Gasteiger partial charge in [-0.05, 0) is 18.2 Å². The number of rotatable bonds is 5. The predicted octanol–water partition coefficient (Wildman–Crippen LogP) is 0.627. The van der Waals surface area contributed by atoms with Gasteiger partial charge in [-0.25, -0.2) is 5.90 Å². The van der Waals surface area contributed by atoms with Crippen LogP contribution in [0.4, 0.5) is 0 Å². The maximum absolute atomic E-state index is 9.71. The summed E-state index contributed by atoms with van der Waals surface area (Å²) in [7, 11) is 3.08. The highest BCUT2D eigenvalue weighted by atomic mass is 16.6. The van der Waals surface area contributed by atoms with Crippen molar-refractivity contribution in [3.63, 3.8) is 0 Å². The molecule has 0 fully saturated rings. The molecule has 0 saturated carbocycles. The summed E-state index contributed by atoms with van der Waals surface area (Å²) in [5.41, 5.74) is 0.585. The number of aliphatic hydroxyl groups is 1. The number of hydrogen-bond acceptors (Lipinski definition) is 5. The van der Waals surface area contributed by atoms with Crippen LogP contribution in [-0.4, -0.2) is 25.9 Å². The van der Waals surface area contributed by atoms with E-state index in [-0.39, 0.29) is 6.61 Å². The van der Waals surface area contributed by atoms with E-state index in [1.54, 1.807) is 25.3 Å². The summed E-state index contributed by atoms with van der Waals surface area (Å²) in [6.07, 6.45) is -0.833. The predicted molar refractivity (Wildman–Crippen MR) is 54.6 cm³/mol. The Balaban J connectivity index is 3.00. The molecule has 15 heavy (non-hydrogen) atoms. The molecule has 0 aliphatic carbocycles. The molecule has 0 aromatic heterocycles. The monoisotopic (exact) mass is 213 g/mol. The molecule has 0 aliphatic heterocycles. The van der Waals surface area contributed by atoms with Crippen molar-refractivity contribution in [3.05, 3.63) is 23.8 Å². The van der Waals surface area contributed by atoms with Crippen LogP contribution in [0.25, 0.3) is 0 Å². The van der Waals surface area contributed by atoms with Crippen molar-refractivity contribution in [3.8, 4) is 11.5 Å². The number of nitrogens with two attached hydrogens (primary N) is 1. The molecule has 1 unspecified atom stereocenters. The van der Waals surface area contributed by atoms with Crippen LogP contribution in [0.2, 0.25) is 0 Å². The first kappa shape index (κ1) is 11.8. The zero-order valence-corrected chi connectivity index (χ0v) is 8.77. The number of hydrogen-bond donors (Lipinski definition) is 2. The zero-order chi connectivity index (χ0) is 11.3. The average molecular weight is 213 g/mol. The summed E-state index contributed by atoms with van der Waals surface area (Å²) < 4.78 is 10.1. The summed E-state index contributed by atoms with van der Waals surface area (Å²) in [6.45, 7) is 0.00350. The molecule has 3 N–H and O–H groups in total. The van der Waals surface area contributed by atoms with Gasteiger partial charge in [0.2, 0.25) is 0 Å². The van der Waals surface area contributed by atoms with Crippen LogP contribution in [0.5, 0.6) is 11.5 Å². The smallest absolute Gasteiger partial charge is 0.125 e. The van der Waals surface area contributed by atoms with Crippen LogP contribution in [0.15, 0.2) is 18.2 Å². The third kappa shape index (κ3) is 2.82. The first-order valence-electron chi connectivity index (χ1n) is 4.44. The van der Waals surface area contributed by atoms with Crippen LogP contribution >= 0.6 is 0 Å². The molecule has 0 radical (unpaired) electrons. The fraction of sp³-hybridized carbons (Fsp3) is 0.400. The molecule has 0 heterocycles. The first-order chi connectivity index (χ1) is 7.22. The quantitative estimate of drug-likeness (QED) is 0.702. The van der Waals surface area contributed by atoms with Crippen molar-refractivity contribution in [1.29, 1.82) is 0 Å². The second-order valence-electron chi connectivity index (χ2n) is 2.96. The van der Waals surface area contributed by atoms with Crippen LogP contribution in [-0.2, 0) is 4.84 Å². The molecule has 5 nitrogen and oxygen atoms in total. The summed E-state index contributed by atoms with van der Waals surface area (Å²) in [5.74, 6) is 6.11. The lowest BCUT2D eigenvalue weighted by Gasteiger charge is -2.14. The first-order valence-corrected chi connectivity index (χ1v) is 4.44. The second-order valence-corrected chi connectivity index (χ2v) is 2.96. The summed E-state index contributed by atoms with van der Waals surface area (Å²) >= 11 is 0. The third-order valence-electron chi connectivity index (χ3n) is 2.05. The van der Waals surface area contributed by atoms with Gasteiger partial charge in [0.1, 0.15) is 17.6 Å². The van der Waals surface area contributed by atoms with Gasteiger partial charge < -0.3 is 19.4 Å². The Morgan fingerprint density at radius 2 is 2.07 bits per heavy atom. The number of ether oxygens (including phenoxy) is 2. The van der Waals surface area contributed by atoms with E-state index in [0.29, 0.717) is 17.1 Å². The highest BCUT2D eigenvalue weighted by Gasteiger charge is 2.14. The van der Waals surface area contributed by atoms with E-state index in [1.165, 1.54) is 7.11 Å². The Labute approximate surface area is 88.3 Å². The Hall–Kier alpha value is -1.30. The van der Waals surface area contributed by atoms with Crippen molar-refractivity contribution < 1.29 is 19.4 Å². The molecule has 1 aromatic carbocycles. The maximum atomic E-state index is 9.71. The topological polar surface area (TPSA) is 73.9 Å². The number of methoxy groups -OCH3 is 2. The van der Waals surface area contributed by atoms with Gasteiger partial charge in [-0.3, -0.25) is 0 Å². The van der Waals surface area contributed by atoms with Crippen molar-refractivity contribution >= 4 is 0 Å². The standard InChI is InChI=1S/C10H15NO4/c1-13-7-3-4-10(14-2)8(5-7)9(12)6-15-11/h3-5,9,12H,6,11H2,1-2H3. The highest BCUT2D eigenvalue weighted by molar-refractivity contribution is 5.41. The average Bonchev–Trinajstić information content (AvgIpc) is 2.28. The van der Waals surface area contributed by atoms with Gasteiger partial charge in [0, 0.05) is 5.56 Å². The van der Waals surface area contributed by atoms with Crippen LogP contribution in [0.1, 0.15) is 11.7 Å². The molecule has 0 bridgehead atoms. The van der Waals surface area contributed by atoms with Gasteiger partial charge in [-0.1, -0.05) is 0 Å². The molecule has 0 saturated heterocycles. The molecule has 84 valence electrons. The third-order valence-corrected chi connectivity index (χ3v) is 2.05. The molecular formula is C10H15NO4. The minimum Gasteiger partial charge on any atom is -0.497 e. The molecule has 1 atom stereocenters. The Bertz CT molecular complexity index is 316. The Morgan fingerprint density at radius 1 is 1.33 bits per heavy atom. The van der Waals surface area contributed by atoms with Crippen molar-refractivity contribution in [2.45, 2.75) is 6.10 Å². The Morgan fingerprint density at radius 3 is 2.60 bits per heavy atom. The normalized spacial score (nSPS) is 12.3. The molecule has 0 amide bonds. The molecule has 1 rings (SSSR count). The van der Waals surface area contributed by atoms with Gasteiger partial charge >= 0.3 is 0 Å². The van der Waals surface area contributed by atoms with Crippen LogP contribution in [0, 0.1) is 0 Å². The second kappa shape index (κ2) is 5.55. The van der Waals surface area contributed by atoms with Gasteiger partial charge in [0.25, 0.3) is 0 Å². The molecule has 1 aromatic rings. The summed E-state index contributed by atoms with van der Waals surface area (Å²) in [6, 6.07) is 5.15. The molecular weight excluding hydrogens is 198 g/mol. The molecule has 0 aliphatic rings. The summed E-state index contributed by atoms with van der Waals surface area (Å²) in [5, 5.41) is 9.71. The number of aliphatic hydroxyl groups excluding tert-OH is 1. The van der Waals surface area contributed by atoms with Crippen LogP contribution < -0.4 is 15.4 Å². The van der Waals surface area contributed by atoms with Crippen molar-refractivity contribution in [2.24, 2.45) is 5.90 Å². The maximum Gasteiger partial charge on any atom is 0.125 e. The van der Waals surface area contributed by atoms with Gasteiger partial charge in [0.15, 0.2) is 0 Å².